The Morgan fingerprint density at radius 2 is 1.90 bits per heavy atom. The van der Waals surface area contributed by atoms with Crippen LogP contribution in [0.4, 0.5) is 5.69 Å². The predicted octanol–water partition coefficient (Wildman–Crippen LogP) is 4.83. The molecule has 2 N–H and O–H groups in total. The average Bonchev–Trinajstić information content (AvgIpc) is 2.45. The quantitative estimate of drug-likeness (QED) is 0.810. The normalized spacial score (nSPS) is 12.0. The third-order valence-electron chi connectivity index (χ3n) is 3.54. The van der Waals surface area contributed by atoms with Gasteiger partial charge >= 0.3 is 0 Å². The molecule has 0 aliphatic rings. The topological polar surface area (TPSA) is 29.3 Å². The fourth-order valence-electron chi connectivity index (χ4n) is 2.14. The summed E-state index contributed by atoms with van der Waals surface area (Å²) in [5, 5.41) is 1.29. The minimum Gasteiger partial charge on any atom is -0.389 e. The van der Waals surface area contributed by atoms with Crippen LogP contribution in [-0.2, 0) is 0 Å². The molecule has 110 valence electrons. The molecule has 21 heavy (non-hydrogen) atoms. The van der Waals surface area contributed by atoms with Crippen LogP contribution in [0.1, 0.15) is 24.1 Å². The van der Waals surface area contributed by atoms with Crippen LogP contribution < -0.4 is 10.6 Å². The van der Waals surface area contributed by atoms with Crippen molar-refractivity contribution in [2.24, 2.45) is 5.73 Å². The molecular formula is C16H16Cl2N2S. The maximum Gasteiger partial charge on any atom is 0.105 e. The van der Waals surface area contributed by atoms with Crippen LogP contribution >= 0.6 is 35.4 Å². The van der Waals surface area contributed by atoms with Crippen LogP contribution in [0, 0.1) is 0 Å². The first-order valence-corrected chi connectivity index (χ1v) is 7.64. The summed E-state index contributed by atoms with van der Waals surface area (Å²) >= 11 is 17.2. The molecule has 2 rings (SSSR count). The Labute approximate surface area is 140 Å². The highest BCUT2D eigenvalue weighted by atomic mass is 35.5. The van der Waals surface area contributed by atoms with E-state index in [4.69, 9.17) is 41.2 Å². The molecule has 0 spiro atoms. The van der Waals surface area contributed by atoms with Crippen LogP contribution in [-0.4, -0.2) is 12.0 Å². The summed E-state index contributed by atoms with van der Waals surface area (Å²) in [6, 6.07) is 13.7. The number of rotatable bonds is 4. The molecule has 0 saturated heterocycles. The minimum atomic E-state index is 0.162. The van der Waals surface area contributed by atoms with Crippen molar-refractivity contribution in [2.75, 3.05) is 11.9 Å². The number of nitrogens with two attached hydrogens (primary N) is 1. The Morgan fingerprint density at radius 1 is 1.19 bits per heavy atom. The van der Waals surface area contributed by atoms with E-state index in [2.05, 4.69) is 17.9 Å². The lowest BCUT2D eigenvalue weighted by molar-refractivity contribution is 0.740. The van der Waals surface area contributed by atoms with Crippen molar-refractivity contribution in [3.63, 3.8) is 0 Å². The second kappa shape index (κ2) is 6.65. The molecule has 1 unspecified atom stereocenters. The van der Waals surface area contributed by atoms with Crippen LogP contribution in [0.5, 0.6) is 0 Å². The molecule has 0 aliphatic carbocycles. The highest BCUT2D eigenvalue weighted by Gasteiger charge is 2.14. The van der Waals surface area contributed by atoms with E-state index in [9.17, 15) is 0 Å². The summed E-state index contributed by atoms with van der Waals surface area (Å²) in [7, 11) is 2.01. The van der Waals surface area contributed by atoms with Gasteiger partial charge in [0.1, 0.15) is 4.99 Å². The maximum absolute atomic E-state index is 6.23. The first-order valence-electron chi connectivity index (χ1n) is 6.48. The molecule has 1 atom stereocenters. The van der Waals surface area contributed by atoms with Crippen molar-refractivity contribution in [1.82, 2.24) is 0 Å². The van der Waals surface area contributed by atoms with Crippen molar-refractivity contribution in [3.05, 3.63) is 63.6 Å². The Hall–Kier alpha value is -1.29. The van der Waals surface area contributed by atoms with Crippen molar-refractivity contribution < 1.29 is 0 Å². The van der Waals surface area contributed by atoms with E-state index in [1.165, 1.54) is 0 Å². The number of nitrogens with zero attached hydrogens (tertiary/aromatic N) is 1. The van der Waals surface area contributed by atoms with E-state index in [0.29, 0.717) is 15.6 Å². The zero-order chi connectivity index (χ0) is 15.6. The van der Waals surface area contributed by atoms with Gasteiger partial charge in [-0.25, -0.2) is 0 Å². The predicted molar refractivity (Wildman–Crippen MR) is 95.6 cm³/mol. The van der Waals surface area contributed by atoms with Crippen LogP contribution in [0.15, 0.2) is 42.5 Å². The maximum atomic E-state index is 6.23. The summed E-state index contributed by atoms with van der Waals surface area (Å²) in [4.78, 5) is 2.43. The lowest BCUT2D eigenvalue weighted by Crippen LogP contribution is -2.22. The molecule has 0 heterocycles. The van der Waals surface area contributed by atoms with E-state index in [-0.39, 0.29) is 6.04 Å². The van der Waals surface area contributed by atoms with E-state index in [1.807, 2.05) is 43.4 Å². The molecule has 2 nitrogen and oxygen atoms in total. The first kappa shape index (κ1) is 16.1. The Bertz CT molecular complexity index is 673. The van der Waals surface area contributed by atoms with Crippen molar-refractivity contribution in [3.8, 4) is 0 Å². The van der Waals surface area contributed by atoms with Gasteiger partial charge in [-0.05, 0) is 42.8 Å². The third-order valence-corrected chi connectivity index (χ3v) is 4.31. The second-order valence-electron chi connectivity index (χ2n) is 4.87. The van der Waals surface area contributed by atoms with Gasteiger partial charge in [0.2, 0.25) is 0 Å². The van der Waals surface area contributed by atoms with Gasteiger partial charge in [-0.15, -0.1) is 0 Å². The molecule has 0 amide bonds. The molecule has 0 bridgehead atoms. The minimum absolute atomic E-state index is 0.162. The standard InChI is InChI=1S/C16H16Cl2N2S/c1-10(11-4-3-5-12(17)8-11)20(2)13-6-7-14(16(19)21)15(18)9-13/h3-10H,1-2H3,(H2,19,21). The zero-order valence-electron chi connectivity index (χ0n) is 11.8. The molecule has 0 saturated carbocycles. The Kier molecular flexibility index (Phi) is 5.09. The molecule has 0 aliphatic heterocycles. The average molecular weight is 339 g/mol. The van der Waals surface area contributed by atoms with Gasteiger partial charge in [0.15, 0.2) is 0 Å². The summed E-state index contributed by atoms with van der Waals surface area (Å²) in [5.41, 5.74) is 8.45. The van der Waals surface area contributed by atoms with Crippen molar-refractivity contribution in [2.45, 2.75) is 13.0 Å². The van der Waals surface area contributed by atoms with Crippen LogP contribution in [0.25, 0.3) is 0 Å². The molecular weight excluding hydrogens is 323 g/mol. The van der Waals surface area contributed by atoms with Gasteiger partial charge in [-0.3, -0.25) is 0 Å². The van der Waals surface area contributed by atoms with Crippen molar-refractivity contribution >= 4 is 46.1 Å². The number of hydrogen-bond donors (Lipinski definition) is 1. The smallest absolute Gasteiger partial charge is 0.105 e. The van der Waals surface area contributed by atoms with E-state index < -0.39 is 0 Å². The van der Waals surface area contributed by atoms with Gasteiger partial charge in [0, 0.05) is 23.3 Å². The molecule has 0 aromatic heterocycles. The number of benzene rings is 2. The van der Waals surface area contributed by atoms with Gasteiger partial charge in [-0.2, -0.15) is 0 Å². The monoisotopic (exact) mass is 338 g/mol. The van der Waals surface area contributed by atoms with Gasteiger partial charge < -0.3 is 10.6 Å². The van der Waals surface area contributed by atoms with E-state index >= 15 is 0 Å². The van der Waals surface area contributed by atoms with Crippen molar-refractivity contribution in [1.29, 1.82) is 0 Å². The summed E-state index contributed by atoms with van der Waals surface area (Å²) < 4.78 is 0. The molecule has 2 aromatic carbocycles. The number of halogens is 2. The number of hydrogen-bond acceptors (Lipinski definition) is 2. The molecule has 2 aromatic rings. The lowest BCUT2D eigenvalue weighted by atomic mass is 10.1. The molecule has 5 heteroatoms. The fraction of sp³-hybridized carbons (Fsp3) is 0.188. The first-order chi connectivity index (χ1) is 9.90. The lowest BCUT2D eigenvalue weighted by Gasteiger charge is -2.28. The Morgan fingerprint density at radius 3 is 2.48 bits per heavy atom. The number of thiocarbonyl (C=S) groups is 1. The van der Waals surface area contributed by atoms with E-state index in [1.54, 1.807) is 0 Å². The van der Waals surface area contributed by atoms with E-state index in [0.717, 1.165) is 16.3 Å². The summed E-state index contributed by atoms with van der Waals surface area (Å²) in [6.45, 7) is 2.11. The largest absolute Gasteiger partial charge is 0.389 e. The van der Waals surface area contributed by atoms with Crippen LogP contribution in [0.2, 0.25) is 10.0 Å². The SMILES string of the molecule is CC(c1cccc(Cl)c1)N(C)c1ccc(C(N)=S)c(Cl)c1. The Balaban J connectivity index is 2.29. The van der Waals surface area contributed by atoms with Gasteiger partial charge in [-0.1, -0.05) is 47.6 Å². The van der Waals surface area contributed by atoms with Gasteiger partial charge in [0.05, 0.1) is 11.1 Å². The fourth-order valence-corrected chi connectivity index (χ4v) is 2.85. The molecule has 0 fully saturated rings. The van der Waals surface area contributed by atoms with Gasteiger partial charge in [0.25, 0.3) is 0 Å². The zero-order valence-corrected chi connectivity index (χ0v) is 14.1. The highest BCUT2D eigenvalue weighted by molar-refractivity contribution is 7.80. The highest BCUT2D eigenvalue weighted by Crippen LogP contribution is 2.29. The number of anilines is 1. The molecule has 0 radical (unpaired) electrons. The third kappa shape index (κ3) is 3.67. The summed E-state index contributed by atoms with van der Waals surface area (Å²) in [5.74, 6) is 0. The van der Waals surface area contributed by atoms with Crippen LogP contribution in [0.3, 0.4) is 0 Å². The second-order valence-corrected chi connectivity index (χ2v) is 6.15. The summed E-state index contributed by atoms with van der Waals surface area (Å²) in [6.07, 6.45) is 0.